The summed E-state index contributed by atoms with van der Waals surface area (Å²) in [6.45, 7) is 0.947. The van der Waals surface area contributed by atoms with Crippen molar-refractivity contribution in [3.63, 3.8) is 0 Å². The number of nitrogens with two attached hydrogens (primary N) is 1. The van der Waals surface area contributed by atoms with Crippen LogP contribution in [0.3, 0.4) is 0 Å². The Balaban J connectivity index is 2.23. The maximum atomic E-state index is 11.8. The first-order chi connectivity index (χ1) is 9.65. The highest BCUT2D eigenvalue weighted by molar-refractivity contribution is 6.31. The molecule has 0 fully saturated rings. The van der Waals surface area contributed by atoms with Crippen LogP contribution in [-0.4, -0.2) is 17.0 Å². The number of benzene rings is 1. The third-order valence-corrected chi connectivity index (χ3v) is 3.25. The Morgan fingerprint density at radius 3 is 3.00 bits per heavy atom. The summed E-state index contributed by atoms with van der Waals surface area (Å²) in [5.41, 5.74) is 7.57. The lowest BCUT2D eigenvalue weighted by Crippen LogP contribution is -2.28. The molecule has 0 bridgehead atoms. The Hall–Kier alpha value is -2.03. The van der Waals surface area contributed by atoms with Crippen LogP contribution < -0.4 is 11.1 Å². The average molecular weight is 291 g/mol. The Morgan fingerprint density at radius 1 is 1.50 bits per heavy atom. The fourth-order valence-corrected chi connectivity index (χ4v) is 2.27. The first kappa shape index (κ1) is 14.4. The average Bonchev–Trinajstić information content (AvgIpc) is 2.76. The highest BCUT2D eigenvalue weighted by Gasteiger charge is 2.10. The van der Waals surface area contributed by atoms with Gasteiger partial charge in [0.2, 0.25) is 5.91 Å². The van der Waals surface area contributed by atoms with Gasteiger partial charge in [-0.05, 0) is 17.7 Å². The third kappa shape index (κ3) is 3.10. The van der Waals surface area contributed by atoms with Crippen molar-refractivity contribution in [1.29, 1.82) is 5.26 Å². The van der Waals surface area contributed by atoms with E-state index in [4.69, 9.17) is 22.6 Å². The third-order valence-electron chi connectivity index (χ3n) is 3.02. The minimum absolute atomic E-state index is 0.138. The molecule has 2 aromatic rings. The lowest BCUT2D eigenvalue weighted by Gasteiger charge is -2.06. The molecule has 1 heterocycles. The van der Waals surface area contributed by atoms with Gasteiger partial charge in [0, 0.05) is 29.7 Å². The fraction of sp³-hybridized carbons (Fsp3) is 0.286. The van der Waals surface area contributed by atoms with E-state index in [1.807, 2.05) is 29.0 Å². The molecule has 3 N–H and O–H groups in total. The molecule has 0 aliphatic rings. The number of hydrogen-bond acceptors (Lipinski definition) is 3. The van der Waals surface area contributed by atoms with Gasteiger partial charge in [-0.3, -0.25) is 4.79 Å². The number of halogens is 1. The summed E-state index contributed by atoms with van der Waals surface area (Å²) in [4.78, 5) is 11.8. The van der Waals surface area contributed by atoms with Crippen LogP contribution in [0.2, 0.25) is 5.02 Å². The Bertz CT molecular complexity index is 672. The Labute approximate surface area is 121 Å². The number of nitrogens with zero attached hydrogens (tertiary/aromatic N) is 2. The van der Waals surface area contributed by atoms with Crippen LogP contribution in [0.1, 0.15) is 12.0 Å². The van der Waals surface area contributed by atoms with Gasteiger partial charge < -0.3 is 15.6 Å². The van der Waals surface area contributed by atoms with E-state index in [9.17, 15) is 4.79 Å². The SMILES string of the molecule is N#CCCNC(=O)Cn1cc(CN)c2ccc(Cl)cc21. The number of hydrogen-bond donors (Lipinski definition) is 2. The summed E-state index contributed by atoms with van der Waals surface area (Å²) in [7, 11) is 0. The molecule has 0 aliphatic heterocycles. The molecule has 0 spiro atoms. The molecule has 0 radical (unpaired) electrons. The molecule has 1 aromatic heterocycles. The summed E-state index contributed by atoms with van der Waals surface area (Å²) >= 11 is 6.00. The highest BCUT2D eigenvalue weighted by Crippen LogP contribution is 2.24. The van der Waals surface area contributed by atoms with Crippen LogP contribution >= 0.6 is 11.6 Å². The van der Waals surface area contributed by atoms with Crippen molar-refractivity contribution in [3.8, 4) is 6.07 Å². The molecule has 0 saturated carbocycles. The lowest BCUT2D eigenvalue weighted by molar-refractivity contribution is -0.121. The van der Waals surface area contributed by atoms with Crippen LogP contribution in [0.25, 0.3) is 10.9 Å². The first-order valence-electron chi connectivity index (χ1n) is 6.26. The number of aromatic nitrogens is 1. The predicted octanol–water partition coefficient (Wildman–Crippen LogP) is 1.78. The van der Waals surface area contributed by atoms with Crippen molar-refractivity contribution in [2.45, 2.75) is 19.5 Å². The minimum Gasteiger partial charge on any atom is -0.354 e. The largest absolute Gasteiger partial charge is 0.354 e. The maximum Gasteiger partial charge on any atom is 0.239 e. The van der Waals surface area contributed by atoms with Crippen LogP contribution in [0.15, 0.2) is 24.4 Å². The van der Waals surface area contributed by atoms with Gasteiger partial charge in [0.25, 0.3) is 0 Å². The Kier molecular flexibility index (Phi) is 4.61. The van der Waals surface area contributed by atoms with Crippen molar-refractivity contribution in [3.05, 3.63) is 35.0 Å². The zero-order valence-corrected chi connectivity index (χ0v) is 11.7. The van der Waals surface area contributed by atoms with Crippen molar-refractivity contribution >= 4 is 28.4 Å². The van der Waals surface area contributed by atoms with Crippen LogP contribution in [0.4, 0.5) is 0 Å². The second kappa shape index (κ2) is 6.42. The number of amides is 1. The molecule has 0 saturated heterocycles. The molecule has 0 atom stereocenters. The van der Waals surface area contributed by atoms with Crippen LogP contribution in [0, 0.1) is 11.3 Å². The van der Waals surface area contributed by atoms with E-state index in [0.717, 1.165) is 16.5 Å². The molecular formula is C14H15ClN4O. The summed E-state index contributed by atoms with van der Waals surface area (Å²) in [5, 5.41) is 12.8. The van der Waals surface area contributed by atoms with Crippen molar-refractivity contribution in [1.82, 2.24) is 9.88 Å². The van der Waals surface area contributed by atoms with E-state index in [1.165, 1.54) is 0 Å². The highest BCUT2D eigenvalue weighted by atomic mass is 35.5. The lowest BCUT2D eigenvalue weighted by atomic mass is 10.2. The van der Waals surface area contributed by atoms with E-state index in [0.29, 0.717) is 24.5 Å². The second-order valence-electron chi connectivity index (χ2n) is 4.41. The van der Waals surface area contributed by atoms with Crippen LogP contribution in [-0.2, 0) is 17.9 Å². The molecule has 1 amide bonds. The van der Waals surface area contributed by atoms with Gasteiger partial charge in [-0.15, -0.1) is 0 Å². The Morgan fingerprint density at radius 2 is 2.30 bits per heavy atom. The fourth-order valence-electron chi connectivity index (χ4n) is 2.10. The van der Waals surface area contributed by atoms with Crippen LogP contribution in [0.5, 0.6) is 0 Å². The standard InChI is InChI=1S/C14H15ClN4O/c15-11-2-3-12-10(7-17)8-19(13(12)6-11)9-14(20)18-5-1-4-16/h2-3,6,8H,1,5,7,9,17H2,(H,18,20). The predicted molar refractivity (Wildman–Crippen MR) is 78.1 cm³/mol. The van der Waals surface area contributed by atoms with E-state index in [1.54, 1.807) is 6.07 Å². The summed E-state index contributed by atoms with van der Waals surface area (Å²) < 4.78 is 1.82. The van der Waals surface area contributed by atoms with E-state index in [2.05, 4.69) is 5.32 Å². The monoisotopic (exact) mass is 290 g/mol. The molecular weight excluding hydrogens is 276 g/mol. The van der Waals surface area contributed by atoms with Gasteiger partial charge in [0.15, 0.2) is 0 Å². The smallest absolute Gasteiger partial charge is 0.239 e. The number of nitrogens with one attached hydrogen (secondary N) is 1. The topological polar surface area (TPSA) is 83.8 Å². The van der Waals surface area contributed by atoms with Crippen molar-refractivity contribution in [2.75, 3.05) is 6.54 Å². The van der Waals surface area contributed by atoms with Gasteiger partial charge in [-0.1, -0.05) is 17.7 Å². The van der Waals surface area contributed by atoms with E-state index in [-0.39, 0.29) is 12.5 Å². The molecule has 104 valence electrons. The number of carbonyl (C=O) groups excluding carboxylic acids is 1. The molecule has 1 aromatic carbocycles. The number of carbonyl (C=O) groups is 1. The van der Waals surface area contributed by atoms with E-state index < -0.39 is 0 Å². The molecule has 0 unspecified atom stereocenters. The molecule has 20 heavy (non-hydrogen) atoms. The quantitative estimate of drug-likeness (QED) is 0.823. The number of nitriles is 1. The second-order valence-corrected chi connectivity index (χ2v) is 4.84. The van der Waals surface area contributed by atoms with Crippen molar-refractivity contribution in [2.24, 2.45) is 5.73 Å². The summed E-state index contributed by atoms with van der Waals surface area (Å²) in [5.74, 6) is -0.138. The number of fused-ring (bicyclic) bond motifs is 1. The van der Waals surface area contributed by atoms with Gasteiger partial charge in [0.1, 0.15) is 6.54 Å². The summed E-state index contributed by atoms with van der Waals surface area (Å²) in [6.07, 6.45) is 2.17. The molecule has 5 nitrogen and oxygen atoms in total. The van der Waals surface area contributed by atoms with E-state index >= 15 is 0 Å². The van der Waals surface area contributed by atoms with Gasteiger partial charge in [0.05, 0.1) is 18.0 Å². The zero-order chi connectivity index (χ0) is 14.5. The number of rotatable bonds is 5. The first-order valence-corrected chi connectivity index (χ1v) is 6.64. The summed E-state index contributed by atoms with van der Waals surface area (Å²) in [6, 6.07) is 7.51. The van der Waals surface area contributed by atoms with Gasteiger partial charge in [-0.2, -0.15) is 5.26 Å². The zero-order valence-electron chi connectivity index (χ0n) is 10.9. The molecule has 6 heteroatoms. The van der Waals surface area contributed by atoms with Gasteiger partial charge >= 0.3 is 0 Å². The maximum absolute atomic E-state index is 11.8. The normalized spacial score (nSPS) is 10.4. The van der Waals surface area contributed by atoms with Gasteiger partial charge in [-0.25, -0.2) is 0 Å². The molecule has 2 rings (SSSR count). The van der Waals surface area contributed by atoms with Crippen molar-refractivity contribution < 1.29 is 4.79 Å². The molecule has 0 aliphatic carbocycles. The minimum atomic E-state index is -0.138.